The minimum absolute atomic E-state index is 0.0855. The van der Waals surface area contributed by atoms with Crippen molar-refractivity contribution in [3.8, 4) is 0 Å². The van der Waals surface area contributed by atoms with E-state index in [1.807, 2.05) is 62.4 Å². The molecule has 0 spiro atoms. The number of H-pyrrole nitrogens is 1. The number of carbonyl (C=O) groups is 2. The molecule has 5 rings (SSSR count). The molecule has 4 N–H and O–H groups in total. The van der Waals surface area contributed by atoms with Gasteiger partial charge in [-0.1, -0.05) is 86.6 Å². The Labute approximate surface area is 286 Å². The van der Waals surface area contributed by atoms with Crippen molar-refractivity contribution < 1.29 is 23.1 Å². The number of nitrogens with one attached hydrogen (secondary N) is 3. The summed E-state index contributed by atoms with van der Waals surface area (Å²) in [5.41, 5.74) is 2.24. The van der Waals surface area contributed by atoms with Crippen LogP contribution in [-0.2, 0) is 27.7 Å². The molecule has 0 saturated heterocycles. The number of carbonyl (C=O) groups excluding carboxylic acids is 2. The summed E-state index contributed by atoms with van der Waals surface area (Å²) in [6.45, 7) is 3.95. The van der Waals surface area contributed by atoms with Crippen molar-refractivity contribution in [2.75, 3.05) is 13.1 Å². The first-order chi connectivity index (χ1) is 23.6. The first kappa shape index (κ1) is 35.4. The van der Waals surface area contributed by atoms with E-state index >= 15 is 0 Å². The molecule has 2 heterocycles. The number of pyridine rings is 1. The summed E-state index contributed by atoms with van der Waals surface area (Å²) in [6, 6.07) is 26.3. The van der Waals surface area contributed by atoms with Crippen molar-refractivity contribution in [3.05, 3.63) is 127 Å². The van der Waals surface area contributed by atoms with Crippen LogP contribution in [0.2, 0.25) is 0 Å². The van der Waals surface area contributed by atoms with Gasteiger partial charge in [-0.15, -0.1) is 0 Å². The molecule has 3 aromatic carbocycles. The molecule has 0 bridgehead atoms. The van der Waals surface area contributed by atoms with E-state index in [9.17, 15) is 23.1 Å². The Morgan fingerprint density at radius 1 is 0.878 bits per heavy atom. The quantitative estimate of drug-likeness (QED) is 0.122. The number of amides is 2. The van der Waals surface area contributed by atoms with E-state index in [0.29, 0.717) is 17.6 Å². The zero-order valence-corrected chi connectivity index (χ0v) is 28.4. The predicted octanol–water partition coefficient (Wildman–Crippen LogP) is 4.12. The Morgan fingerprint density at radius 2 is 1.57 bits per heavy atom. The number of aliphatic hydroxyl groups is 1. The minimum atomic E-state index is -3.95. The number of para-hydroxylation sites is 1. The molecule has 3 unspecified atom stereocenters. The van der Waals surface area contributed by atoms with E-state index in [1.165, 1.54) is 22.8 Å². The highest BCUT2D eigenvalue weighted by Crippen LogP contribution is 2.19. The standard InChI is InChI=1S/C37H42N6O5S/c1-26(2)19-20-43(49(47,48)30-14-7-4-8-15-30)24-35(44)33(21-27-11-5-3-6-12-27)41-37(46)34(22-29-23-38-25-39-29)42-36(45)32-18-17-28-13-9-10-16-31(28)40-32/h3-18,23,25-26,33-35,44H,19-22,24H2,1-2H3,(H,38,39)(H,41,46)(H,42,45). The van der Waals surface area contributed by atoms with Crippen LogP contribution >= 0.6 is 0 Å². The van der Waals surface area contributed by atoms with Gasteiger partial charge < -0.3 is 20.7 Å². The van der Waals surface area contributed by atoms with E-state index < -0.39 is 40.0 Å². The van der Waals surface area contributed by atoms with Crippen LogP contribution in [0.1, 0.15) is 42.0 Å². The lowest BCUT2D eigenvalue weighted by atomic mass is 10.00. The SMILES string of the molecule is CC(C)CCN(CC(O)C(Cc1ccccc1)NC(=O)C(Cc1cnc[nH]1)NC(=O)c1ccc2ccccc2n1)S(=O)(=O)c1ccccc1. The second-order valence-electron chi connectivity index (χ2n) is 12.4. The van der Waals surface area contributed by atoms with Gasteiger partial charge in [0.1, 0.15) is 11.7 Å². The molecule has 2 aromatic heterocycles. The maximum absolute atomic E-state index is 14.0. The van der Waals surface area contributed by atoms with Crippen LogP contribution in [0.25, 0.3) is 10.9 Å². The number of aromatic nitrogens is 3. The lowest BCUT2D eigenvalue weighted by Gasteiger charge is -2.31. The van der Waals surface area contributed by atoms with Gasteiger partial charge in [0, 0.05) is 36.8 Å². The fourth-order valence-electron chi connectivity index (χ4n) is 5.47. The number of aliphatic hydroxyl groups excluding tert-OH is 1. The van der Waals surface area contributed by atoms with Gasteiger partial charge in [-0.05, 0) is 48.6 Å². The molecule has 0 aliphatic carbocycles. The second kappa shape index (κ2) is 16.5. The Bertz CT molecular complexity index is 1920. The molecule has 11 nitrogen and oxygen atoms in total. The average Bonchev–Trinajstić information content (AvgIpc) is 3.63. The van der Waals surface area contributed by atoms with E-state index in [4.69, 9.17) is 0 Å². The van der Waals surface area contributed by atoms with Crippen molar-refractivity contribution >= 4 is 32.7 Å². The summed E-state index contributed by atoms with van der Waals surface area (Å²) in [7, 11) is -3.95. The van der Waals surface area contributed by atoms with Crippen molar-refractivity contribution in [2.45, 2.75) is 56.2 Å². The zero-order valence-electron chi connectivity index (χ0n) is 27.6. The first-order valence-electron chi connectivity index (χ1n) is 16.3. The highest BCUT2D eigenvalue weighted by atomic mass is 32.2. The molecule has 12 heteroatoms. The molecule has 49 heavy (non-hydrogen) atoms. The Kier molecular flexibility index (Phi) is 11.9. The monoisotopic (exact) mass is 682 g/mol. The summed E-state index contributed by atoms with van der Waals surface area (Å²) in [5, 5.41) is 18.4. The Hall–Kier alpha value is -4.91. The van der Waals surface area contributed by atoms with Crippen LogP contribution in [0, 0.1) is 5.92 Å². The third-order valence-corrected chi connectivity index (χ3v) is 10.1. The number of hydrogen-bond acceptors (Lipinski definition) is 7. The topological polar surface area (TPSA) is 157 Å². The van der Waals surface area contributed by atoms with E-state index in [2.05, 4.69) is 25.6 Å². The molecular weight excluding hydrogens is 641 g/mol. The molecule has 0 aliphatic heterocycles. The largest absolute Gasteiger partial charge is 0.390 e. The molecular formula is C37H42N6O5S. The van der Waals surface area contributed by atoms with Crippen molar-refractivity contribution in [3.63, 3.8) is 0 Å². The normalized spacial score (nSPS) is 13.7. The molecule has 3 atom stereocenters. The molecule has 2 amide bonds. The van der Waals surface area contributed by atoms with E-state index in [0.717, 1.165) is 10.9 Å². The summed E-state index contributed by atoms with van der Waals surface area (Å²) in [6.07, 6.45) is 2.64. The van der Waals surface area contributed by atoms with Crippen molar-refractivity contribution in [1.29, 1.82) is 0 Å². The number of nitrogens with zero attached hydrogens (tertiary/aromatic N) is 3. The molecule has 0 saturated carbocycles. The van der Waals surface area contributed by atoms with Gasteiger partial charge in [0.25, 0.3) is 5.91 Å². The number of aromatic amines is 1. The van der Waals surface area contributed by atoms with Crippen LogP contribution < -0.4 is 10.6 Å². The van der Waals surface area contributed by atoms with Gasteiger partial charge in [0.15, 0.2) is 0 Å². The highest BCUT2D eigenvalue weighted by Gasteiger charge is 2.33. The van der Waals surface area contributed by atoms with Gasteiger partial charge in [0.05, 0.1) is 28.9 Å². The lowest BCUT2D eigenvalue weighted by molar-refractivity contribution is -0.124. The maximum Gasteiger partial charge on any atom is 0.270 e. The Balaban J connectivity index is 1.41. The van der Waals surface area contributed by atoms with Gasteiger partial charge in [-0.3, -0.25) is 9.59 Å². The maximum atomic E-state index is 14.0. The third-order valence-electron chi connectivity index (χ3n) is 8.25. The first-order valence-corrected chi connectivity index (χ1v) is 17.8. The fourth-order valence-corrected chi connectivity index (χ4v) is 6.97. The van der Waals surface area contributed by atoms with Gasteiger partial charge >= 0.3 is 0 Å². The summed E-state index contributed by atoms with van der Waals surface area (Å²) >= 11 is 0. The summed E-state index contributed by atoms with van der Waals surface area (Å²) in [5.74, 6) is -0.878. The van der Waals surface area contributed by atoms with Crippen molar-refractivity contribution in [1.82, 2.24) is 29.9 Å². The summed E-state index contributed by atoms with van der Waals surface area (Å²) < 4.78 is 28.8. The zero-order chi connectivity index (χ0) is 34.8. The van der Waals surface area contributed by atoms with E-state index in [1.54, 1.807) is 42.6 Å². The van der Waals surface area contributed by atoms with E-state index in [-0.39, 0.29) is 42.4 Å². The van der Waals surface area contributed by atoms with Crippen LogP contribution in [0.3, 0.4) is 0 Å². The third kappa shape index (κ3) is 9.59. The number of fused-ring (bicyclic) bond motifs is 1. The van der Waals surface area contributed by atoms with Gasteiger partial charge in [-0.25, -0.2) is 18.4 Å². The van der Waals surface area contributed by atoms with Crippen LogP contribution in [0.5, 0.6) is 0 Å². The number of imidazole rings is 1. The number of rotatable bonds is 16. The molecule has 0 aliphatic rings. The molecule has 0 radical (unpaired) electrons. The fraction of sp³-hybridized carbons (Fsp3) is 0.297. The number of benzene rings is 3. The average molecular weight is 683 g/mol. The summed E-state index contributed by atoms with van der Waals surface area (Å²) in [4.78, 5) is 39.1. The highest BCUT2D eigenvalue weighted by molar-refractivity contribution is 7.89. The molecule has 256 valence electrons. The molecule has 5 aromatic rings. The van der Waals surface area contributed by atoms with Crippen LogP contribution in [0.15, 0.2) is 114 Å². The lowest BCUT2D eigenvalue weighted by Crippen LogP contribution is -2.56. The van der Waals surface area contributed by atoms with Gasteiger partial charge in [0.2, 0.25) is 15.9 Å². The second-order valence-corrected chi connectivity index (χ2v) is 14.4. The molecule has 0 fully saturated rings. The Morgan fingerprint density at radius 3 is 2.27 bits per heavy atom. The predicted molar refractivity (Wildman–Crippen MR) is 188 cm³/mol. The minimum Gasteiger partial charge on any atom is -0.390 e. The number of sulfonamides is 1. The number of hydrogen-bond donors (Lipinski definition) is 4. The van der Waals surface area contributed by atoms with Crippen LogP contribution in [0.4, 0.5) is 0 Å². The van der Waals surface area contributed by atoms with Crippen LogP contribution in [-0.4, -0.2) is 75.9 Å². The van der Waals surface area contributed by atoms with Gasteiger partial charge in [-0.2, -0.15) is 4.31 Å². The van der Waals surface area contributed by atoms with Crippen molar-refractivity contribution in [2.24, 2.45) is 5.92 Å². The smallest absolute Gasteiger partial charge is 0.270 e.